The van der Waals surface area contributed by atoms with Crippen molar-refractivity contribution in [1.29, 1.82) is 0 Å². The van der Waals surface area contributed by atoms with Crippen molar-refractivity contribution in [2.24, 2.45) is 5.92 Å². The van der Waals surface area contributed by atoms with E-state index in [1.165, 1.54) is 16.4 Å². The minimum absolute atomic E-state index is 0.0427. The van der Waals surface area contributed by atoms with E-state index in [0.717, 1.165) is 18.9 Å². The first-order valence-corrected chi connectivity index (χ1v) is 10.7. The van der Waals surface area contributed by atoms with Crippen LogP contribution in [0, 0.1) is 11.7 Å². The lowest BCUT2D eigenvalue weighted by Crippen LogP contribution is -2.43. The first-order valence-electron chi connectivity index (χ1n) is 9.27. The summed E-state index contributed by atoms with van der Waals surface area (Å²) in [4.78, 5) is 14.7. The minimum Gasteiger partial charge on any atom is -0.333 e. The van der Waals surface area contributed by atoms with Gasteiger partial charge in [-0.25, -0.2) is 12.8 Å². The summed E-state index contributed by atoms with van der Waals surface area (Å²) in [7, 11) is -3.74. The molecule has 1 aromatic rings. The predicted molar refractivity (Wildman–Crippen MR) is 100.0 cm³/mol. The normalized spacial score (nSPS) is 16.2. The molecule has 0 radical (unpaired) electrons. The largest absolute Gasteiger partial charge is 0.333 e. The van der Waals surface area contributed by atoms with Crippen LogP contribution in [-0.4, -0.2) is 48.7 Å². The van der Waals surface area contributed by atoms with Crippen molar-refractivity contribution in [2.75, 3.05) is 13.1 Å². The van der Waals surface area contributed by atoms with E-state index < -0.39 is 21.7 Å². The fourth-order valence-electron chi connectivity index (χ4n) is 3.04. The average Bonchev–Trinajstić information content (AvgIpc) is 3.40. The lowest BCUT2D eigenvalue weighted by Gasteiger charge is -2.32. The molecule has 0 heterocycles. The molecule has 1 atom stereocenters. The van der Waals surface area contributed by atoms with Crippen molar-refractivity contribution in [3.05, 3.63) is 29.6 Å². The smallest absolute Gasteiger partial charge is 0.257 e. The summed E-state index contributed by atoms with van der Waals surface area (Å²) in [5, 5.41) is 0. The highest BCUT2D eigenvalue weighted by molar-refractivity contribution is 7.89. The maximum Gasteiger partial charge on any atom is 0.257 e. The fraction of sp³-hybridized carbons (Fsp3) is 0.632. The van der Waals surface area contributed by atoms with Gasteiger partial charge >= 0.3 is 0 Å². The zero-order valence-electron chi connectivity index (χ0n) is 16.2. The number of nitrogens with zero attached hydrogens (tertiary/aromatic N) is 2. The van der Waals surface area contributed by atoms with Gasteiger partial charge in [-0.15, -0.1) is 0 Å². The molecule has 0 unspecified atom stereocenters. The number of sulfonamides is 1. The van der Waals surface area contributed by atoms with Gasteiger partial charge in [0.2, 0.25) is 10.0 Å². The van der Waals surface area contributed by atoms with E-state index in [0.29, 0.717) is 13.1 Å². The molecule has 0 N–H and O–H groups in total. The molecule has 1 fully saturated rings. The molecule has 26 heavy (non-hydrogen) atoms. The molecule has 1 aliphatic rings. The molecule has 2 rings (SSSR count). The number of carbonyl (C=O) groups excluding carboxylic acids is 1. The number of hydrogen-bond acceptors (Lipinski definition) is 3. The third kappa shape index (κ3) is 4.09. The zero-order valence-corrected chi connectivity index (χ0v) is 17.0. The standard InChI is InChI=1S/C19H29FN2O3S/c1-6-21(7-2)26(24,25)16-10-11-18(20)17(12-16)19(23)22(15-8-9-15)14(5)13(3)4/h10-15H,6-9H2,1-5H3/t14-/m1/s1. The molecule has 0 aliphatic heterocycles. The molecule has 5 nitrogen and oxygen atoms in total. The quantitative estimate of drug-likeness (QED) is 0.689. The number of carbonyl (C=O) groups is 1. The third-order valence-electron chi connectivity index (χ3n) is 5.09. The van der Waals surface area contributed by atoms with Crippen LogP contribution < -0.4 is 0 Å². The predicted octanol–water partition coefficient (Wildman–Crippen LogP) is 3.51. The van der Waals surface area contributed by atoms with Crippen LogP contribution in [0.1, 0.15) is 57.8 Å². The molecule has 0 spiro atoms. The summed E-state index contributed by atoms with van der Waals surface area (Å²) >= 11 is 0. The van der Waals surface area contributed by atoms with Gasteiger partial charge in [-0.2, -0.15) is 4.31 Å². The van der Waals surface area contributed by atoms with E-state index in [1.54, 1.807) is 18.7 Å². The Morgan fingerprint density at radius 1 is 1.19 bits per heavy atom. The highest BCUT2D eigenvalue weighted by Gasteiger charge is 2.38. The Morgan fingerprint density at radius 3 is 2.23 bits per heavy atom. The molecule has 0 saturated heterocycles. The van der Waals surface area contributed by atoms with E-state index in [4.69, 9.17) is 0 Å². The van der Waals surface area contributed by atoms with Crippen LogP contribution in [0.5, 0.6) is 0 Å². The monoisotopic (exact) mass is 384 g/mol. The van der Waals surface area contributed by atoms with Gasteiger partial charge in [0, 0.05) is 25.2 Å². The van der Waals surface area contributed by atoms with Crippen LogP contribution in [0.4, 0.5) is 4.39 Å². The van der Waals surface area contributed by atoms with Crippen molar-refractivity contribution in [1.82, 2.24) is 9.21 Å². The van der Waals surface area contributed by atoms with E-state index in [1.807, 2.05) is 20.8 Å². The van der Waals surface area contributed by atoms with E-state index in [-0.39, 0.29) is 28.5 Å². The van der Waals surface area contributed by atoms with E-state index in [2.05, 4.69) is 0 Å². The second-order valence-electron chi connectivity index (χ2n) is 7.16. The van der Waals surface area contributed by atoms with Crippen molar-refractivity contribution in [3.63, 3.8) is 0 Å². The number of amides is 1. The summed E-state index contributed by atoms with van der Waals surface area (Å²) < 4.78 is 41.2. The Hall–Kier alpha value is -1.47. The summed E-state index contributed by atoms with van der Waals surface area (Å²) in [6.07, 6.45) is 1.81. The molecule has 7 heteroatoms. The molecular weight excluding hydrogens is 355 g/mol. The molecule has 1 amide bonds. The molecular formula is C19H29FN2O3S. The fourth-order valence-corrected chi connectivity index (χ4v) is 4.52. The third-order valence-corrected chi connectivity index (χ3v) is 7.14. The second kappa shape index (κ2) is 8.05. The van der Waals surface area contributed by atoms with Gasteiger partial charge in [-0.3, -0.25) is 4.79 Å². The van der Waals surface area contributed by atoms with Gasteiger partial charge in [0.05, 0.1) is 10.5 Å². The second-order valence-corrected chi connectivity index (χ2v) is 9.10. The van der Waals surface area contributed by atoms with E-state index in [9.17, 15) is 17.6 Å². The van der Waals surface area contributed by atoms with Gasteiger partial charge in [0.15, 0.2) is 0 Å². The number of benzene rings is 1. The van der Waals surface area contributed by atoms with Crippen LogP contribution >= 0.6 is 0 Å². The summed E-state index contributed by atoms with van der Waals surface area (Å²) in [6, 6.07) is 3.56. The van der Waals surface area contributed by atoms with Crippen molar-refractivity contribution >= 4 is 15.9 Å². The minimum atomic E-state index is -3.74. The molecule has 0 bridgehead atoms. The SMILES string of the molecule is CCN(CC)S(=O)(=O)c1ccc(F)c(C(=O)N(C2CC2)[C@H](C)C(C)C)c1. The molecule has 1 aromatic carbocycles. The Balaban J connectivity index is 2.45. The van der Waals surface area contributed by atoms with E-state index >= 15 is 0 Å². The molecule has 1 aliphatic carbocycles. The van der Waals surface area contributed by atoms with Gasteiger partial charge in [-0.1, -0.05) is 27.7 Å². The number of rotatable bonds is 8. The lowest BCUT2D eigenvalue weighted by molar-refractivity contribution is 0.0622. The first-order chi connectivity index (χ1) is 12.1. The first kappa shape index (κ1) is 20.8. The van der Waals surface area contributed by atoms with Crippen LogP contribution in [0.15, 0.2) is 23.1 Å². The maximum atomic E-state index is 14.4. The Kier molecular flexibility index (Phi) is 6.45. The summed E-state index contributed by atoms with van der Waals surface area (Å²) in [5.74, 6) is -0.886. The number of halogens is 1. The van der Waals surface area contributed by atoms with Crippen LogP contribution in [0.2, 0.25) is 0 Å². The zero-order chi connectivity index (χ0) is 19.6. The van der Waals surface area contributed by atoms with Crippen molar-refractivity contribution < 1.29 is 17.6 Å². The Morgan fingerprint density at radius 2 is 1.77 bits per heavy atom. The van der Waals surface area contributed by atoms with Gasteiger partial charge in [-0.05, 0) is 43.9 Å². The van der Waals surface area contributed by atoms with Crippen molar-refractivity contribution in [2.45, 2.75) is 64.4 Å². The highest BCUT2D eigenvalue weighted by atomic mass is 32.2. The van der Waals surface area contributed by atoms with Crippen LogP contribution in [0.25, 0.3) is 0 Å². The van der Waals surface area contributed by atoms with Crippen LogP contribution in [0.3, 0.4) is 0 Å². The number of hydrogen-bond donors (Lipinski definition) is 0. The molecule has 0 aromatic heterocycles. The summed E-state index contributed by atoms with van der Waals surface area (Å²) in [6.45, 7) is 10.1. The average molecular weight is 385 g/mol. The topological polar surface area (TPSA) is 57.7 Å². The summed E-state index contributed by atoms with van der Waals surface area (Å²) in [5.41, 5.74) is -0.169. The Bertz CT molecular complexity index is 756. The van der Waals surface area contributed by atoms with Gasteiger partial charge < -0.3 is 4.90 Å². The lowest BCUT2D eigenvalue weighted by atomic mass is 10.0. The van der Waals surface area contributed by atoms with Gasteiger partial charge in [0.1, 0.15) is 5.82 Å². The van der Waals surface area contributed by atoms with Crippen LogP contribution in [-0.2, 0) is 10.0 Å². The highest BCUT2D eigenvalue weighted by Crippen LogP contribution is 2.33. The maximum absolute atomic E-state index is 14.4. The Labute approximate surface area is 156 Å². The molecule has 1 saturated carbocycles. The van der Waals surface area contributed by atoms with Gasteiger partial charge in [0.25, 0.3) is 5.91 Å². The van der Waals surface area contributed by atoms with Crippen molar-refractivity contribution in [3.8, 4) is 0 Å². The molecule has 146 valence electrons.